The molecule has 4 aromatic rings. The van der Waals surface area contributed by atoms with Gasteiger partial charge in [0.1, 0.15) is 17.2 Å². The fraction of sp³-hybridized carbons (Fsp3) is 0.0588. The van der Waals surface area contributed by atoms with Gasteiger partial charge in [-0.1, -0.05) is 12.1 Å². The molecule has 0 amide bonds. The Labute approximate surface area is 156 Å². The lowest BCUT2D eigenvalue weighted by molar-refractivity contribution is 0.415. The van der Waals surface area contributed by atoms with Gasteiger partial charge in [-0.2, -0.15) is 9.97 Å². The van der Waals surface area contributed by atoms with E-state index in [4.69, 9.17) is 21.9 Å². The summed E-state index contributed by atoms with van der Waals surface area (Å²) >= 11 is 0. The van der Waals surface area contributed by atoms with Crippen molar-refractivity contribution >= 4 is 28.7 Å². The third-order valence-electron chi connectivity index (χ3n) is 4.26. The second-order valence-electron chi connectivity index (χ2n) is 5.99. The van der Waals surface area contributed by atoms with Gasteiger partial charge >= 0.3 is 0 Å². The normalized spacial score (nSPS) is 11.0. The van der Waals surface area contributed by atoms with Crippen molar-refractivity contribution in [3.8, 4) is 28.1 Å². The summed E-state index contributed by atoms with van der Waals surface area (Å²) in [5.41, 5.74) is 17.6. The highest BCUT2D eigenvalue weighted by Crippen LogP contribution is 2.37. The van der Waals surface area contributed by atoms with E-state index < -0.39 is 11.1 Å². The van der Waals surface area contributed by atoms with Crippen molar-refractivity contribution in [2.24, 2.45) is 0 Å². The van der Waals surface area contributed by atoms with Gasteiger partial charge in [-0.3, -0.25) is 19.6 Å². The van der Waals surface area contributed by atoms with E-state index in [9.17, 15) is 9.59 Å². The number of benzene rings is 1. The molecule has 1 aromatic carbocycles. The monoisotopic (exact) mass is 380 g/mol. The van der Waals surface area contributed by atoms with Crippen LogP contribution in [0, 0.1) is 0 Å². The first-order valence-electron chi connectivity index (χ1n) is 8.10. The van der Waals surface area contributed by atoms with Gasteiger partial charge in [0.2, 0.25) is 11.9 Å². The topological polar surface area (TPSA) is 195 Å². The van der Waals surface area contributed by atoms with Gasteiger partial charge in [0.25, 0.3) is 11.1 Å². The minimum Gasteiger partial charge on any atom is -0.497 e. The lowest BCUT2D eigenvalue weighted by Crippen LogP contribution is -2.18. The lowest BCUT2D eigenvalue weighted by Gasteiger charge is -2.08. The van der Waals surface area contributed by atoms with Crippen molar-refractivity contribution in [1.82, 2.24) is 24.9 Å². The van der Waals surface area contributed by atoms with Crippen molar-refractivity contribution in [1.29, 1.82) is 0 Å². The molecule has 0 aliphatic rings. The van der Waals surface area contributed by atoms with Crippen LogP contribution in [0.1, 0.15) is 0 Å². The van der Waals surface area contributed by atoms with Crippen molar-refractivity contribution in [2.45, 2.75) is 0 Å². The van der Waals surface area contributed by atoms with E-state index in [1.165, 1.54) is 7.11 Å². The van der Waals surface area contributed by atoms with Crippen LogP contribution in [-0.4, -0.2) is 32.0 Å². The number of hydrogen-bond donors (Lipinski definition) is 6. The zero-order valence-corrected chi connectivity index (χ0v) is 14.7. The third kappa shape index (κ3) is 2.61. The molecule has 0 saturated heterocycles. The highest BCUT2D eigenvalue weighted by atomic mass is 16.5. The van der Waals surface area contributed by atoms with Crippen molar-refractivity contribution < 1.29 is 4.74 Å². The number of H-pyrrole nitrogens is 3. The molecule has 11 heteroatoms. The highest BCUT2D eigenvalue weighted by Gasteiger charge is 2.24. The highest BCUT2D eigenvalue weighted by molar-refractivity contribution is 6.04. The first-order valence-corrected chi connectivity index (χ1v) is 8.10. The van der Waals surface area contributed by atoms with Gasteiger partial charge in [0, 0.05) is 11.1 Å². The quantitative estimate of drug-likeness (QED) is 0.294. The molecule has 28 heavy (non-hydrogen) atoms. The maximum Gasteiger partial charge on any atom is 0.262 e. The Morgan fingerprint density at radius 1 is 0.929 bits per heavy atom. The van der Waals surface area contributed by atoms with Gasteiger partial charge in [0.15, 0.2) is 0 Å². The fourth-order valence-corrected chi connectivity index (χ4v) is 3.11. The number of fused-ring (bicyclic) bond motifs is 1. The number of aromatic amines is 3. The Hall–Kier alpha value is -4.28. The molecule has 0 aliphatic heterocycles. The Bertz CT molecular complexity index is 1330. The van der Waals surface area contributed by atoms with Crippen LogP contribution in [0.15, 0.2) is 33.9 Å². The number of nitrogens with one attached hydrogen (secondary N) is 3. The lowest BCUT2D eigenvalue weighted by atomic mass is 10.0. The molecule has 9 N–H and O–H groups in total. The summed E-state index contributed by atoms with van der Waals surface area (Å²) in [5.74, 6) is 0.258. The molecule has 0 spiro atoms. The number of anilines is 3. The number of ether oxygens (including phenoxy) is 1. The van der Waals surface area contributed by atoms with Crippen LogP contribution in [-0.2, 0) is 0 Å². The molecule has 3 aromatic heterocycles. The molecule has 142 valence electrons. The van der Waals surface area contributed by atoms with Gasteiger partial charge < -0.3 is 26.9 Å². The molecule has 0 unspecified atom stereocenters. The summed E-state index contributed by atoms with van der Waals surface area (Å²) in [5, 5.41) is 0.121. The van der Waals surface area contributed by atoms with Gasteiger partial charge in [-0.05, 0) is 12.1 Å². The molecule has 0 fully saturated rings. The van der Waals surface area contributed by atoms with Crippen LogP contribution in [0.2, 0.25) is 0 Å². The maximum atomic E-state index is 12.6. The smallest absolute Gasteiger partial charge is 0.262 e. The summed E-state index contributed by atoms with van der Waals surface area (Å²) in [4.78, 5) is 41.2. The van der Waals surface area contributed by atoms with E-state index in [0.717, 1.165) is 0 Å². The predicted octanol–water partition coefficient (Wildman–Crippen LogP) is 0.424. The van der Waals surface area contributed by atoms with Crippen LogP contribution in [0.4, 0.5) is 17.7 Å². The van der Waals surface area contributed by atoms with Crippen LogP contribution >= 0.6 is 0 Å². The molecule has 3 heterocycles. The molecule has 0 aliphatic carbocycles. The summed E-state index contributed by atoms with van der Waals surface area (Å²) < 4.78 is 5.26. The average Bonchev–Trinajstić information content (AvgIpc) is 3.00. The molecule has 0 saturated carbocycles. The summed E-state index contributed by atoms with van der Waals surface area (Å²) in [7, 11) is 1.53. The van der Waals surface area contributed by atoms with Gasteiger partial charge in [-0.25, -0.2) is 0 Å². The second-order valence-corrected chi connectivity index (χ2v) is 5.99. The van der Waals surface area contributed by atoms with Crippen LogP contribution in [0.3, 0.4) is 0 Å². The molecular formula is C17H16N8O3. The Morgan fingerprint density at radius 2 is 1.64 bits per heavy atom. The zero-order valence-electron chi connectivity index (χ0n) is 14.7. The molecule has 0 radical (unpaired) electrons. The third-order valence-corrected chi connectivity index (χ3v) is 4.26. The second kappa shape index (κ2) is 6.16. The first-order chi connectivity index (χ1) is 13.4. The SMILES string of the molecule is COc1cccc(-c2[nH]c3nc(N)[nH]c(=O)c3c2-c2c(N)nc(N)[nH]c2=O)c1. The molecule has 0 bridgehead atoms. The van der Waals surface area contributed by atoms with Crippen molar-refractivity contribution in [3.05, 3.63) is 45.0 Å². The number of methoxy groups -OCH3 is 1. The number of rotatable bonds is 3. The van der Waals surface area contributed by atoms with Gasteiger partial charge in [0.05, 0.1) is 23.8 Å². The van der Waals surface area contributed by atoms with E-state index >= 15 is 0 Å². The van der Waals surface area contributed by atoms with Gasteiger partial charge in [-0.15, -0.1) is 0 Å². The van der Waals surface area contributed by atoms with E-state index in [1.807, 2.05) is 0 Å². The molecular weight excluding hydrogens is 364 g/mol. The predicted molar refractivity (Wildman–Crippen MR) is 106 cm³/mol. The number of nitrogens with zero attached hydrogens (tertiary/aromatic N) is 2. The summed E-state index contributed by atoms with van der Waals surface area (Å²) in [6, 6.07) is 7.05. The summed E-state index contributed by atoms with van der Waals surface area (Å²) in [6.07, 6.45) is 0. The van der Waals surface area contributed by atoms with E-state index in [-0.39, 0.29) is 39.9 Å². The number of nitrogen functional groups attached to an aromatic ring is 3. The van der Waals surface area contributed by atoms with Crippen molar-refractivity contribution in [2.75, 3.05) is 24.3 Å². The Morgan fingerprint density at radius 3 is 2.36 bits per heavy atom. The maximum absolute atomic E-state index is 12.6. The largest absolute Gasteiger partial charge is 0.497 e. The minimum absolute atomic E-state index is 0.00431. The summed E-state index contributed by atoms with van der Waals surface area (Å²) in [6.45, 7) is 0. The van der Waals surface area contributed by atoms with E-state index in [1.54, 1.807) is 24.3 Å². The van der Waals surface area contributed by atoms with Crippen molar-refractivity contribution in [3.63, 3.8) is 0 Å². The van der Waals surface area contributed by atoms with E-state index in [2.05, 4.69) is 24.9 Å². The first kappa shape index (κ1) is 17.1. The molecule has 11 nitrogen and oxygen atoms in total. The molecule has 0 atom stereocenters. The van der Waals surface area contributed by atoms with Crippen LogP contribution in [0.5, 0.6) is 5.75 Å². The van der Waals surface area contributed by atoms with Crippen LogP contribution < -0.4 is 33.1 Å². The standard InChI is InChI=1S/C17H16N8O3/c1-28-7-4-2-3-6(5-7)11-8(9-12(18)22-16(19)24-14(9)26)10-13(21-11)23-17(20)25-15(10)27/h2-5H,1H3,(H5,18,19,22,24,26)(H4,20,21,23,25,27). The minimum atomic E-state index is -0.591. The number of nitrogens with two attached hydrogens (primary N) is 3. The Kier molecular flexibility index (Phi) is 3.77. The van der Waals surface area contributed by atoms with E-state index in [0.29, 0.717) is 17.0 Å². The number of aromatic nitrogens is 5. The zero-order chi connectivity index (χ0) is 20.0. The number of hydrogen-bond acceptors (Lipinski definition) is 8. The Balaban J connectivity index is 2.18. The van der Waals surface area contributed by atoms with Crippen LogP contribution in [0.25, 0.3) is 33.4 Å². The average molecular weight is 380 g/mol. The fourth-order valence-electron chi connectivity index (χ4n) is 3.11. The molecule has 4 rings (SSSR count).